The second-order valence-electron chi connectivity index (χ2n) is 5.96. The number of aliphatic carboxylic acids is 1. The first-order chi connectivity index (χ1) is 10.0. The van der Waals surface area contributed by atoms with Crippen molar-refractivity contribution in [3.63, 3.8) is 0 Å². The van der Waals surface area contributed by atoms with Crippen LogP contribution in [0.25, 0.3) is 0 Å². The second kappa shape index (κ2) is 7.12. The lowest BCUT2D eigenvalue weighted by atomic mass is 9.68. The first-order valence-electron chi connectivity index (χ1n) is 7.44. The highest BCUT2D eigenvalue weighted by atomic mass is 32.2. The number of ketones is 1. The minimum absolute atomic E-state index is 0.0778. The van der Waals surface area contributed by atoms with Crippen LogP contribution in [-0.4, -0.2) is 23.1 Å². The van der Waals surface area contributed by atoms with Gasteiger partial charge in [-0.1, -0.05) is 31.4 Å². The smallest absolute Gasteiger partial charge is 0.303 e. The molecule has 1 fully saturated rings. The molecule has 0 amide bonds. The Balaban J connectivity index is 2.15. The number of carbonyl (C=O) groups is 2. The van der Waals surface area contributed by atoms with Gasteiger partial charge in [0.25, 0.3) is 0 Å². The van der Waals surface area contributed by atoms with Crippen LogP contribution < -0.4 is 0 Å². The summed E-state index contributed by atoms with van der Waals surface area (Å²) in [4.78, 5) is 24.8. The summed E-state index contributed by atoms with van der Waals surface area (Å²) in [5, 5.41) is 9.18. The van der Waals surface area contributed by atoms with E-state index in [1.807, 2.05) is 30.5 Å². The fourth-order valence-electron chi connectivity index (χ4n) is 3.28. The second-order valence-corrected chi connectivity index (χ2v) is 6.84. The summed E-state index contributed by atoms with van der Waals surface area (Å²) in [5.74, 6) is -0.711. The molecular weight excluding hydrogens is 284 g/mol. The molecule has 3 nitrogen and oxygen atoms in total. The molecule has 1 aliphatic carbocycles. The van der Waals surface area contributed by atoms with Gasteiger partial charge in [-0.3, -0.25) is 9.59 Å². The van der Waals surface area contributed by atoms with Crippen LogP contribution in [0.1, 0.15) is 55.3 Å². The van der Waals surface area contributed by atoms with Gasteiger partial charge < -0.3 is 5.11 Å². The Hall–Kier alpha value is -1.29. The minimum atomic E-state index is -0.789. The Morgan fingerprint density at radius 2 is 1.90 bits per heavy atom. The van der Waals surface area contributed by atoms with E-state index in [-0.39, 0.29) is 17.6 Å². The average molecular weight is 306 g/mol. The van der Waals surface area contributed by atoms with Crippen LogP contribution in [0, 0.1) is 5.41 Å². The van der Waals surface area contributed by atoms with Crippen LogP contribution in [0.3, 0.4) is 0 Å². The molecular formula is C17H22O3S. The molecule has 114 valence electrons. The van der Waals surface area contributed by atoms with Gasteiger partial charge in [-0.25, -0.2) is 0 Å². The number of Topliss-reactive ketones (excluding diaryl/α,β-unsaturated/α-hetero) is 1. The SMILES string of the molecule is CSc1cccc(C(=O)CC2(CC(=O)O)CCCCC2)c1. The molecule has 0 radical (unpaired) electrons. The predicted octanol–water partition coefficient (Wildman–Crippen LogP) is 4.41. The van der Waals surface area contributed by atoms with Gasteiger partial charge in [0.15, 0.2) is 5.78 Å². The van der Waals surface area contributed by atoms with Crippen molar-refractivity contribution in [2.75, 3.05) is 6.26 Å². The molecule has 2 rings (SSSR count). The third kappa shape index (κ3) is 4.34. The Morgan fingerprint density at radius 1 is 1.19 bits per heavy atom. The first-order valence-corrected chi connectivity index (χ1v) is 8.66. The van der Waals surface area contributed by atoms with E-state index in [2.05, 4.69) is 0 Å². The molecule has 0 aromatic heterocycles. The molecule has 0 aliphatic heterocycles. The quantitative estimate of drug-likeness (QED) is 0.625. The topological polar surface area (TPSA) is 54.4 Å². The number of carboxylic acid groups (broad SMARTS) is 1. The molecule has 0 saturated heterocycles. The normalized spacial score (nSPS) is 17.4. The summed E-state index contributed by atoms with van der Waals surface area (Å²) in [5.41, 5.74) is 0.369. The van der Waals surface area contributed by atoms with Crippen molar-refractivity contribution < 1.29 is 14.7 Å². The zero-order valence-electron chi connectivity index (χ0n) is 12.4. The monoisotopic (exact) mass is 306 g/mol. The van der Waals surface area contributed by atoms with Gasteiger partial charge in [-0.2, -0.15) is 0 Å². The van der Waals surface area contributed by atoms with Gasteiger partial charge in [-0.05, 0) is 36.6 Å². The molecule has 1 aromatic rings. The van der Waals surface area contributed by atoms with Gasteiger partial charge in [0, 0.05) is 16.9 Å². The van der Waals surface area contributed by atoms with Crippen LogP contribution in [0.15, 0.2) is 29.2 Å². The van der Waals surface area contributed by atoms with Gasteiger partial charge in [0.05, 0.1) is 6.42 Å². The van der Waals surface area contributed by atoms with Crippen LogP contribution in [-0.2, 0) is 4.79 Å². The Morgan fingerprint density at radius 3 is 2.52 bits per heavy atom. The molecule has 0 atom stereocenters. The Kier molecular flexibility index (Phi) is 5.45. The van der Waals surface area contributed by atoms with Crippen molar-refractivity contribution in [1.82, 2.24) is 0 Å². The van der Waals surface area contributed by atoms with E-state index in [1.54, 1.807) is 11.8 Å². The average Bonchev–Trinajstić information content (AvgIpc) is 2.47. The van der Waals surface area contributed by atoms with Crippen LogP contribution >= 0.6 is 11.8 Å². The Labute approximate surface area is 130 Å². The number of thioether (sulfide) groups is 1. The fourth-order valence-corrected chi connectivity index (χ4v) is 3.74. The van der Waals surface area contributed by atoms with E-state index in [4.69, 9.17) is 0 Å². The van der Waals surface area contributed by atoms with E-state index in [1.165, 1.54) is 0 Å². The standard InChI is InChI=1S/C17H22O3S/c1-21-14-7-5-6-13(10-14)15(18)11-17(12-16(19)20)8-3-2-4-9-17/h5-7,10H,2-4,8-9,11-12H2,1H3,(H,19,20). The number of carboxylic acids is 1. The summed E-state index contributed by atoms with van der Waals surface area (Å²) < 4.78 is 0. The van der Waals surface area contributed by atoms with Crippen molar-refractivity contribution >= 4 is 23.5 Å². The molecule has 1 aromatic carbocycles. The molecule has 21 heavy (non-hydrogen) atoms. The molecule has 0 bridgehead atoms. The highest BCUT2D eigenvalue weighted by Gasteiger charge is 2.36. The summed E-state index contributed by atoms with van der Waals surface area (Å²) >= 11 is 1.61. The molecule has 4 heteroatoms. The third-order valence-corrected chi connectivity index (χ3v) is 5.09. The van der Waals surface area contributed by atoms with Crippen molar-refractivity contribution in [2.24, 2.45) is 5.41 Å². The lowest BCUT2D eigenvalue weighted by molar-refractivity contribution is -0.140. The van der Waals surface area contributed by atoms with Crippen molar-refractivity contribution in [3.8, 4) is 0 Å². The number of hydrogen-bond donors (Lipinski definition) is 1. The van der Waals surface area contributed by atoms with E-state index in [0.29, 0.717) is 12.0 Å². The zero-order chi connectivity index (χ0) is 15.3. The number of benzene rings is 1. The van der Waals surface area contributed by atoms with Crippen LogP contribution in [0.2, 0.25) is 0 Å². The van der Waals surface area contributed by atoms with E-state index in [0.717, 1.165) is 37.0 Å². The van der Waals surface area contributed by atoms with Gasteiger partial charge in [0.2, 0.25) is 0 Å². The predicted molar refractivity (Wildman–Crippen MR) is 84.9 cm³/mol. The zero-order valence-corrected chi connectivity index (χ0v) is 13.2. The molecule has 1 N–H and O–H groups in total. The maximum atomic E-state index is 12.6. The minimum Gasteiger partial charge on any atom is -0.481 e. The summed E-state index contributed by atoms with van der Waals surface area (Å²) in [6.07, 6.45) is 7.38. The number of rotatable bonds is 6. The Bertz CT molecular complexity index is 519. The van der Waals surface area contributed by atoms with Crippen LogP contribution in [0.5, 0.6) is 0 Å². The maximum Gasteiger partial charge on any atom is 0.303 e. The maximum absolute atomic E-state index is 12.6. The van der Waals surface area contributed by atoms with Crippen LogP contribution in [0.4, 0.5) is 0 Å². The number of hydrogen-bond acceptors (Lipinski definition) is 3. The summed E-state index contributed by atoms with van der Waals surface area (Å²) in [6, 6.07) is 7.61. The summed E-state index contributed by atoms with van der Waals surface area (Å²) in [7, 11) is 0. The number of carbonyl (C=O) groups excluding carboxylic acids is 1. The highest BCUT2D eigenvalue weighted by molar-refractivity contribution is 7.98. The molecule has 0 unspecified atom stereocenters. The van der Waals surface area contributed by atoms with E-state index in [9.17, 15) is 14.7 Å². The van der Waals surface area contributed by atoms with E-state index >= 15 is 0 Å². The lowest BCUT2D eigenvalue weighted by Crippen LogP contribution is -2.30. The first kappa shape index (κ1) is 16.1. The lowest BCUT2D eigenvalue weighted by Gasteiger charge is -2.35. The third-order valence-electron chi connectivity index (χ3n) is 4.37. The van der Waals surface area contributed by atoms with E-state index < -0.39 is 5.97 Å². The van der Waals surface area contributed by atoms with Gasteiger partial charge in [-0.15, -0.1) is 11.8 Å². The summed E-state index contributed by atoms with van der Waals surface area (Å²) in [6.45, 7) is 0. The highest BCUT2D eigenvalue weighted by Crippen LogP contribution is 2.43. The molecule has 0 heterocycles. The molecule has 1 saturated carbocycles. The van der Waals surface area contributed by atoms with Crippen molar-refractivity contribution in [1.29, 1.82) is 0 Å². The van der Waals surface area contributed by atoms with Crippen molar-refractivity contribution in [3.05, 3.63) is 29.8 Å². The largest absolute Gasteiger partial charge is 0.481 e. The van der Waals surface area contributed by atoms with Crippen molar-refractivity contribution in [2.45, 2.75) is 49.8 Å². The van der Waals surface area contributed by atoms with Gasteiger partial charge >= 0.3 is 5.97 Å². The molecule has 0 spiro atoms. The molecule has 1 aliphatic rings. The van der Waals surface area contributed by atoms with Gasteiger partial charge in [0.1, 0.15) is 0 Å². The fraction of sp³-hybridized carbons (Fsp3) is 0.529.